The molecular formula is C10H16O2. The van der Waals surface area contributed by atoms with E-state index in [1.54, 1.807) is 6.08 Å². The Labute approximate surface area is 73.6 Å². The summed E-state index contributed by atoms with van der Waals surface area (Å²) in [7, 11) is 0. The van der Waals surface area contributed by atoms with Crippen LogP contribution in [-0.4, -0.2) is 5.97 Å². The molecule has 0 unspecified atom stereocenters. The highest BCUT2D eigenvalue weighted by Gasteiger charge is 2.30. The summed E-state index contributed by atoms with van der Waals surface area (Å²) in [6.45, 7) is 3.96. The summed E-state index contributed by atoms with van der Waals surface area (Å²) in [5, 5.41) is 0. The summed E-state index contributed by atoms with van der Waals surface area (Å²) in [6, 6.07) is 0. The first-order chi connectivity index (χ1) is 5.75. The molecule has 0 saturated heterocycles. The van der Waals surface area contributed by atoms with Crippen molar-refractivity contribution in [3.05, 3.63) is 12.3 Å². The fraction of sp³-hybridized carbons (Fsp3) is 0.700. The van der Waals surface area contributed by atoms with Gasteiger partial charge in [0.05, 0.1) is 12.2 Å². The Morgan fingerprint density at radius 3 is 2.75 bits per heavy atom. The van der Waals surface area contributed by atoms with E-state index in [-0.39, 0.29) is 11.9 Å². The van der Waals surface area contributed by atoms with Gasteiger partial charge in [-0.25, -0.2) is 0 Å². The molecule has 0 bridgehead atoms. The highest BCUT2D eigenvalue weighted by Crippen LogP contribution is 2.31. The molecule has 1 aliphatic carbocycles. The molecule has 0 amide bonds. The second-order valence-electron chi connectivity index (χ2n) is 3.42. The van der Waals surface area contributed by atoms with E-state index in [9.17, 15) is 4.79 Å². The van der Waals surface area contributed by atoms with Gasteiger partial charge in [-0.3, -0.25) is 4.79 Å². The molecule has 0 N–H and O–H groups in total. The average molecular weight is 168 g/mol. The van der Waals surface area contributed by atoms with E-state index < -0.39 is 0 Å². The molecule has 0 radical (unpaired) electrons. The highest BCUT2D eigenvalue weighted by molar-refractivity contribution is 5.73. The third-order valence-electron chi connectivity index (χ3n) is 2.48. The van der Waals surface area contributed by atoms with Crippen molar-refractivity contribution in [2.45, 2.75) is 33.1 Å². The van der Waals surface area contributed by atoms with Gasteiger partial charge in [0.25, 0.3) is 0 Å². The van der Waals surface area contributed by atoms with E-state index in [4.69, 9.17) is 4.74 Å². The van der Waals surface area contributed by atoms with Crippen LogP contribution in [0.25, 0.3) is 0 Å². The van der Waals surface area contributed by atoms with Gasteiger partial charge in [0.1, 0.15) is 0 Å². The van der Waals surface area contributed by atoms with Gasteiger partial charge in [0.15, 0.2) is 0 Å². The van der Waals surface area contributed by atoms with Gasteiger partial charge >= 0.3 is 5.97 Å². The Morgan fingerprint density at radius 2 is 2.25 bits per heavy atom. The van der Waals surface area contributed by atoms with Crippen molar-refractivity contribution >= 4 is 5.97 Å². The summed E-state index contributed by atoms with van der Waals surface area (Å²) >= 11 is 0. The molecule has 1 fully saturated rings. The van der Waals surface area contributed by atoms with Crippen LogP contribution < -0.4 is 0 Å². The first-order valence-corrected chi connectivity index (χ1v) is 4.57. The van der Waals surface area contributed by atoms with Gasteiger partial charge in [-0.15, -0.1) is 0 Å². The number of carbonyl (C=O) groups is 1. The number of hydrogen-bond donors (Lipinski definition) is 0. The van der Waals surface area contributed by atoms with E-state index in [2.05, 4.69) is 6.92 Å². The smallest absolute Gasteiger partial charge is 0.313 e. The Kier molecular flexibility index (Phi) is 3.32. The predicted octanol–water partition coefficient (Wildman–Crippen LogP) is 2.50. The SMILES string of the molecule is C/C=C/OC(=O)[C@H]1CCC[C@@H]1C. The van der Waals surface area contributed by atoms with Gasteiger partial charge in [0, 0.05) is 0 Å². The maximum absolute atomic E-state index is 11.3. The molecule has 0 aliphatic heterocycles. The minimum Gasteiger partial charge on any atom is -0.435 e. The molecule has 2 heteroatoms. The Morgan fingerprint density at radius 1 is 1.50 bits per heavy atom. The Bertz CT molecular complexity index is 184. The van der Waals surface area contributed by atoms with E-state index in [1.165, 1.54) is 6.26 Å². The van der Waals surface area contributed by atoms with Crippen molar-refractivity contribution in [1.82, 2.24) is 0 Å². The quantitative estimate of drug-likeness (QED) is 0.467. The summed E-state index contributed by atoms with van der Waals surface area (Å²) in [5.41, 5.74) is 0. The Hall–Kier alpha value is -0.790. The maximum Gasteiger partial charge on any atom is 0.313 e. The third kappa shape index (κ3) is 2.10. The van der Waals surface area contributed by atoms with Gasteiger partial charge in [-0.2, -0.15) is 0 Å². The van der Waals surface area contributed by atoms with Crippen LogP contribution in [0.4, 0.5) is 0 Å². The molecule has 2 nitrogen and oxygen atoms in total. The van der Waals surface area contributed by atoms with Gasteiger partial charge in [0.2, 0.25) is 0 Å². The number of allylic oxidation sites excluding steroid dienone is 1. The summed E-state index contributed by atoms with van der Waals surface area (Å²) in [4.78, 5) is 11.3. The predicted molar refractivity (Wildman–Crippen MR) is 47.4 cm³/mol. The van der Waals surface area contributed by atoms with Crippen LogP contribution in [-0.2, 0) is 9.53 Å². The molecule has 68 valence electrons. The molecule has 0 aromatic rings. The summed E-state index contributed by atoms with van der Waals surface area (Å²) < 4.78 is 4.93. The van der Waals surface area contributed by atoms with Crippen LogP contribution in [0.1, 0.15) is 33.1 Å². The molecule has 1 aliphatic rings. The summed E-state index contributed by atoms with van der Waals surface area (Å²) in [6.07, 6.45) is 6.52. The molecule has 0 aromatic carbocycles. The first kappa shape index (κ1) is 9.30. The van der Waals surface area contributed by atoms with Crippen LogP contribution in [0.2, 0.25) is 0 Å². The molecule has 0 heterocycles. The second kappa shape index (κ2) is 4.29. The van der Waals surface area contributed by atoms with E-state index in [1.807, 2.05) is 6.92 Å². The van der Waals surface area contributed by atoms with Gasteiger partial charge < -0.3 is 4.74 Å². The molecular weight excluding hydrogens is 152 g/mol. The van der Waals surface area contributed by atoms with Crippen molar-refractivity contribution in [3.8, 4) is 0 Å². The zero-order valence-electron chi connectivity index (χ0n) is 7.75. The average Bonchev–Trinajstić information content (AvgIpc) is 2.47. The lowest BCUT2D eigenvalue weighted by atomic mass is 9.99. The lowest BCUT2D eigenvalue weighted by molar-refractivity contribution is -0.143. The third-order valence-corrected chi connectivity index (χ3v) is 2.48. The Balaban J connectivity index is 2.40. The van der Waals surface area contributed by atoms with E-state index >= 15 is 0 Å². The van der Waals surface area contributed by atoms with Crippen LogP contribution in [0, 0.1) is 11.8 Å². The molecule has 12 heavy (non-hydrogen) atoms. The highest BCUT2D eigenvalue weighted by atomic mass is 16.5. The fourth-order valence-corrected chi connectivity index (χ4v) is 1.72. The number of ether oxygens (including phenoxy) is 1. The molecule has 0 aromatic heterocycles. The van der Waals surface area contributed by atoms with Crippen LogP contribution in [0.15, 0.2) is 12.3 Å². The van der Waals surface area contributed by atoms with Crippen LogP contribution in [0.5, 0.6) is 0 Å². The van der Waals surface area contributed by atoms with Crippen molar-refractivity contribution in [3.63, 3.8) is 0 Å². The van der Waals surface area contributed by atoms with E-state index in [0.29, 0.717) is 5.92 Å². The number of rotatable bonds is 2. The van der Waals surface area contributed by atoms with Crippen molar-refractivity contribution < 1.29 is 9.53 Å². The van der Waals surface area contributed by atoms with Crippen LogP contribution in [0.3, 0.4) is 0 Å². The second-order valence-corrected chi connectivity index (χ2v) is 3.42. The van der Waals surface area contributed by atoms with Gasteiger partial charge in [-0.05, 0) is 25.7 Å². The minimum atomic E-state index is -0.0573. The standard InChI is InChI=1S/C10H16O2/c1-3-7-12-10(11)9-6-4-5-8(9)2/h3,7-9H,4-6H2,1-2H3/b7-3+/t8-,9-/m0/s1. The first-order valence-electron chi connectivity index (χ1n) is 4.57. The molecule has 2 atom stereocenters. The van der Waals surface area contributed by atoms with Crippen molar-refractivity contribution in [2.75, 3.05) is 0 Å². The largest absolute Gasteiger partial charge is 0.435 e. The molecule has 1 saturated carbocycles. The zero-order chi connectivity index (χ0) is 8.97. The monoisotopic (exact) mass is 168 g/mol. The van der Waals surface area contributed by atoms with Crippen molar-refractivity contribution in [1.29, 1.82) is 0 Å². The van der Waals surface area contributed by atoms with Gasteiger partial charge in [-0.1, -0.05) is 19.4 Å². The summed E-state index contributed by atoms with van der Waals surface area (Å²) in [5.74, 6) is 0.585. The number of carbonyl (C=O) groups excluding carboxylic acids is 1. The maximum atomic E-state index is 11.3. The lowest BCUT2D eigenvalue weighted by Crippen LogP contribution is -2.17. The van der Waals surface area contributed by atoms with E-state index in [0.717, 1.165) is 19.3 Å². The normalized spacial score (nSPS) is 29.5. The number of hydrogen-bond acceptors (Lipinski definition) is 2. The lowest BCUT2D eigenvalue weighted by Gasteiger charge is -2.11. The molecule has 0 spiro atoms. The number of esters is 1. The minimum absolute atomic E-state index is 0.0573. The molecule has 1 rings (SSSR count). The fourth-order valence-electron chi connectivity index (χ4n) is 1.72. The van der Waals surface area contributed by atoms with Crippen molar-refractivity contribution in [2.24, 2.45) is 11.8 Å². The topological polar surface area (TPSA) is 26.3 Å². The van der Waals surface area contributed by atoms with Crippen LogP contribution >= 0.6 is 0 Å². The zero-order valence-corrected chi connectivity index (χ0v) is 7.75.